The lowest BCUT2D eigenvalue weighted by atomic mass is 9.86. The Balaban J connectivity index is 1.97. The number of hydrogen-bond acceptors (Lipinski definition) is 4. The molecule has 0 bridgehead atoms. The monoisotopic (exact) mass is 356 g/mol. The highest BCUT2D eigenvalue weighted by Crippen LogP contribution is 2.30. The topological polar surface area (TPSA) is 59.6 Å². The number of nitrogens with one attached hydrogen (secondary N) is 2. The summed E-state index contributed by atoms with van der Waals surface area (Å²) in [7, 11) is 3.16. The van der Waals surface area contributed by atoms with Gasteiger partial charge in [-0.25, -0.2) is 0 Å². The zero-order valence-corrected chi connectivity index (χ0v) is 16.2. The molecule has 0 aliphatic heterocycles. The van der Waals surface area contributed by atoms with Gasteiger partial charge in [-0.15, -0.1) is 0 Å². The average molecular weight is 356 g/mol. The zero-order chi connectivity index (χ0) is 19.2. The maximum atomic E-state index is 12.3. The molecule has 5 heteroatoms. The van der Waals surface area contributed by atoms with E-state index in [4.69, 9.17) is 9.47 Å². The van der Waals surface area contributed by atoms with Gasteiger partial charge in [0, 0.05) is 24.7 Å². The van der Waals surface area contributed by atoms with E-state index < -0.39 is 0 Å². The molecule has 2 N–H and O–H groups in total. The maximum Gasteiger partial charge on any atom is 0.226 e. The fraction of sp³-hybridized carbons (Fsp3) is 0.381. The number of hydrogen-bond donors (Lipinski definition) is 2. The molecule has 2 aromatic carbocycles. The average Bonchev–Trinajstić information content (AvgIpc) is 2.61. The van der Waals surface area contributed by atoms with Gasteiger partial charge in [-0.2, -0.15) is 0 Å². The largest absolute Gasteiger partial charge is 0.497 e. The normalized spacial score (nSPS) is 11.0. The van der Waals surface area contributed by atoms with Crippen molar-refractivity contribution in [3.8, 4) is 11.5 Å². The Morgan fingerprint density at radius 1 is 1.00 bits per heavy atom. The van der Waals surface area contributed by atoms with Crippen LogP contribution in [0.3, 0.4) is 0 Å². The summed E-state index contributed by atoms with van der Waals surface area (Å²) in [6.07, 6.45) is 0.346. The third kappa shape index (κ3) is 5.15. The third-order valence-corrected chi connectivity index (χ3v) is 4.08. The van der Waals surface area contributed by atoms with Crippen LogP contribution in [0.25, 0.3) is 0 Å². The number of amides is 1. The fourth-order valence-electron chi connectivity index (χ4n) is 2.73. The van der Waals surface area contributed by atoms with E-state index in [0.717, 1.165) is 5.69 Å². The molecule has 0 atom stereocenters. The summed E-state index contributed by atoms with van der Waals surface area (Å²) in [5, 5.41) is 6.25. The Hall–Kier alpha value is -2.69. The minimum atomic E-state index is -0.0858. The standard InChI is InChI=1S/C21H28N2O3/c1-21(2,3)16-8-6-7-9-17(16)22-13-12-20(24)23-18-14-15(25-4)10-11-19(18)26-5/h6-11,14,22H,12-13H2,1-5H3,(H,23,24). The van der Waals surface area contributed by atoms with Gasteiger partial charge in [0.1, 0.15) is 11.5 Å². The van der Waals surface area contributed by atoms with Gasteiger partial charge >= 0.3 is 0 Å². The number of rotatable bonds is 7. The molecule has 2 aromatic rings. The zero-order valence-electron chi connectivity index (χ0n) is 16.2. The van der Waals surface area contributed by atoms with E-state index in [0.29, 0.717) is 30.2 Å². The molecule has 2 rings (SSSR count). The molecule has 5 nitrogen and oxygen atoms in total. The van der Waals surface area contributed by atoms with Crippen LogP contribution in [0.2, 0.25) is 0 Å². The van der Waals surface area contributed by atoms with Gasteiger partial charge < -0.3 is 20.1 Å². The molecule has 0 radical (unpaired) electrons. The quantitative estimate of drug-likeness (QED) is 0.770. The molecule has 0 heterocycles. The maximum absolute atomic E-state index is 12.3. The lowest BCUT2D eigenvalue weighted by Gasteiger charge is -2.23. The molecule has 0 fully saturated rings. The fourth-order valence-corrected chi connectivity index (χ4v) is 2.73. The van der Waals surface area contributed by atoms with Crippen molar-refractivity contribution in [3.05, 3.63) is 48.0 Å². The molecule has 0 aromatic heterocycles. The first-order valence-corrected chi connectivity index (χ1v) is 8.70. The molecule has 0 saturated carbocycles. The molecule has 26 heavy (non-hydrogen) atoms. The smallest absolute Gasteiger partial charge is 0.226 e. The van der Waals surface area contributed by atoms with Crippen molar-refractivity contribution >= 4 is 17.3 Å². The van der Waals surface area contributed by atoms with Crippen LogP contribution in [-0.4, -0.2) is 26.7 Å². The van der Waals surface area contributed by atoms with E-state index in [-0.39, 0.29) is 11.3 Å². The summed E-state index contributed by atoms with van der Waals surface area (Å²) in [5.74, 6) is 1.18. The molecule has 0 aliphatic carbocycles. The number of methoxy groups -OCH3 is 2. The van der Waals surface area contributed by atoms with Gasteiger partial charge in [0.25, 0.3) is 0 Å². The predicted octanol–water partition coefficient (Wildman–Crippen LogP) is 4.44. The van der Waals surface area contributed by atoms with E-state index in [9.17, 15) is 4.79 Å². The molecule has 0 unspecified atom stereocenters. The second-order valence-electron chi connectivity index (χ2n) is 7.09. The highest BCUT2D eigenvalue weighted by atomic mass is 16.5. The van der Waals surface area contributed by atoms with Crippen molar-refractivity contribution in [2.45, 2.75) is 32.6 Å². The Bertz CT molecular complexity index is 751. The van der Waals surface area contributed by atoms with Crippen LogP contribution in [0.1, 0.15) is 32.8 Å². The highest BCUT2D eigenvalue weighted by molar-refractivity contribution is 5.92. The minimum Gasteiger partial charge on any atom is -0.497 e. The van der Waals surface area contributed by atoms with E-state index in [1.165, 1.54) is 5.56 Å². The Morgan fingerprint density at radius 3 is 2.38 bits per heavy atom. The van der Waals surface area contributed by atoms with Crippen molar-refractivity contribution in [1.82, 2.24) is 0 Å². The number of benzene rings is 2. The third-order valence-electron chi connectivity index (χ3n) is 4.08. The second-order valence-corrected chi connectivity index (χ2v) is 7.09. The van der Waals surface area contributed by atoms with Gasteiger partial charge in [0.05, 0.1) is 19.9 Å². The summed E-state index contributed by atoms with van der Waals surface area (Å²) in [4.78, 5) is 12.3. The molecular weight excluding hydrogens is 328 g/mol. The molecular formula is C21H28N2O3. The Labute approximate surface area is 155 Å². The number of para-hydroxylation sites is 1. The molecule has 0 spiro atoms. The van der Waals surface area contributed by atoms with Crippen molar-refractivity contribution in [3.63, 3.8) is 0 Å². The van der Waals surface area contributed by atoms with Gasteiger partial charge in [-0.1, -0.05) is 39.0 Å². The van der Waals surface area contributed by atoms with E-state index in [1.54, 1.807) is 32.4 Å². The van der Waals surface area contributed by atoms with Crippen LogP contribution < -0.4 is 20.1 Å². The first-order chi connectivity index (χ1) is 12.3. The summed E-state index contributed by atoms with van der Waals surface area (Å²) >= 11 is 0. The molecule has 140 valence electrons. The second kappa shape index (κ2) is 8.61. The van der Waals surface area contributed by atoms with Crippen LogP contribution >= 0.6 is 0 Å². The van der Waals surface area contributed by atoms with Gasteiger partial charge in [0.15, 0.2) is 0 Å². The number of carbonyl (C=O) groups is 1. The number of carbonyl (C=O) groups excluding carboxylic acids is 1. The van der Waals surface area contributed by atoms with E-state index in [1.807, 2.05) is 18.2 Å². The molecule has 1 amide bonds. The van der Waals surface area contributed by atoms with Gasteiger partial charge in [-0.05, 0) is 29.2 Å². The number of anilines is 2. The van der Waals surface area contributed by atoms with Crippen molar-refractivity contribution in [2.75, 3.05) is 31.4 Å². The summed E-state index contributed by atoms with van der Waals surface area (Å²) in [6.45, 7) is 7.07. The first kappa shape index (κ1) is 19.6. The highest BCUT2D eigenvalue weighted by Gasteiger charge is 2.17. The van der Waals surface area contributed by atoms with Crippen LogP contribution in [0.15, 0.2) is 42.5 Å². The summed E-state index contributed by atoms with van der Waals surface area (Å²) in [6, 6.07) is 13.5. The molecule has 0 saturated heterocycles. The van der Waals surface area contributed by atoms with Gasteiger partial charge in [-0.3, -0.25) is 4.79 Å². The number of ether oxygens (including phenoxy) is 2. The van der Waals surface area contributed by atoms with E-state index >= 15 is 0 Å². The van der Waals surface area contributed by atoms with Gasteiger partial charge in [0.2, 0.25) is 5.91 Å². The Kier molecular flexibility index (Phi) is 6.50. The SMILES string of the molecule is COc1ccc(OC)c(NC(=O)CCNc2ccccc2C(C)(C)C)c1. The lowest BCUT2D eigenvalue weighted by molar-refractivity contribution is -0.116. The van der Waals surface area contributed by atoms with Crippen LogP contribution in [-0.2, 0) is 10.2 Å². The molecule has 0 aliphatic rings. The predicted molar refractivity (Wildman–Crippen MR) is 106 cm³/mol. The van der Waals surface area contributed by atoms with Crippen molar-refractivity contribution < 1.29 is 14.3 Å². The van der Waals surface area contributed by atoms with Crippen LogP contribution in [0.5, 0.6) is 11.5 Å². The minimum absolute atomic E-state index is 0.0415. The first-order valence-electron chi connectivity index (χ1n) is 8.70. The van der Waals surface area contributed by atoms with Crippen LogP contribution in [0.4, 0.5) is 11.4 Å². The van der Waals surface area contributed by atoms with E-state index in [2.05, 4.69) is 37.5 Å². The summed E-state index contributed by atoms with van der Waals surface area (Å²) < 4.78 is 10.5. The Morgan fingerprint density at radius 2 is 1.73 bits per heavy atom. The lowest BCUT2D eigenvalue weighted by Crippen LogP contribution is -2.19. The van der Waals surface area contributed by atoms with Crippen molar-refractivity contribution in [2.24, 2.45) is 0 Å². The summed E-state index contributed by atoms with van der Waals surface area (Å²) in [5.41, 5.74) is 2.94. The van der Waals surface area contributed by atoms with Crippen molar-refractivity contribution in [1.29, 1.82) is 0 Å². The van der Waals surface area contributed by atoms with Crippen LogP contribution in [0, 0.1) is 0 Å².